The van der Waals surface area contributed by atoms with Gasteiger partial charge in [0.25, 0.3) is 0 Å². The highest BCUT2D eigenvalue weighted by atomic mass is 19.1. The van der Waals surface area contributed by atoms with Gasteiger partial charge in [-0.15, -0.1) is 0 Å². The second-order valence-electron chi connectivity index (χ2n) is 4.65. The number of nitrogen functional groups attached to an aromatic ring is 1. The molecule has 19 heavy (non-hydrogen) atoms. The molecule has 4 heteroatoms. The van der Waals surface area contributed by atoms with E-state index in [2.05, 4.69) is 9.88 Å². The van der Waals surface area contributed by atoms with Crippen molar-refractivity contribution in [3.63, 3.8) is 0 Å². The number of likely N-dealkylation sites (N-methyl/N-ethyl adjacent to an activating group) is 1. The number of halogens is 1. The number of anilines is 1. The van der Waals surface area contributed by atoms with E-state index in [1.54, 1.807) is 24.5 Å². The minimum absolute atomic E-state index is 0.240. The zero-order valence-corrected chi connectivity index (χ0v) is 11.0. The second kappa shape index (κ2) is 6.29. The molecule has 0 saturated heterocycles. The van der Waals surface area contributed by atoms with Crippen molar-refractivity contribution in [1.82, 2.24) is 9.88 Å². The fourth-order valence-electron chi connectivity index (χ4n) is 1.96. The van der Waals surface area contributed by atoms with E-state index in [1.807, 2.05) is 19.2 Å². The number of nitrogens with two attached hydrogens (primary N) is 1. The Balaban J connectivity index is 1.93. The predicted molar refractivity (Wildman–Crippen MR) is 75.1 cm³/mol. The predicted octanol–water partition coefficient (Wildman–Crippen LogP) is 2.48. The van der Waals surface area contributed by atoms with Crippen molar-refractivity contribution in [3.8, 4) is 0 Å². The van der Waals surface area contributed by atoms with Crippen LogP contribution in [0.4, 0.5) is 10.1 Å². The fourth-order valence-corrected chi connectivity index (χ4v) is 1.96. The van der Waals surface area contributed by atoms with Gasteiger partial charge in [-0.3, -0.25) is 4.98 Å². The average molecular weight is 259 g/mol. The lowest BCUT2D eigenvalue weighted by atomic mass is 10.1. The summed E-state index contributed by atoms with van der Waals surface area (Å²) >= 11 is 0. The van der Waals surface area contributed by atoms with Gasteiger partial charge in [-0.2, -0.15) is 0 Å². The Morgan fingerprint density at radius 1 is 1.21 bits per heavy atom. The van der Waals surface area contributed by atoms with Crippen LogP contribution >= 0.6 is 0 Å². The minimum atomic E-state index is -0.240. The molecule has 1 aromatic carbocycles. The maximum atomic E-state index is 13.7. The van der Waals surface area contributed by atoms with Crippen LogP contribution < -0.4 is 5.73 Å². The smallest absolute Gasteiger partial charge is 0.129 e. The molecule has 2 rings (SSSR count). The van der Waals surface area contributed by atoms with Crippen LogP contribution in [0.2, 0.25) is 0 Å². The Kier molecular flexibility index (Phi) is 4.47. The van der Waals surface area contributed by atoms with Gasteiger partial charge in [0.2, 0.25) is 0 Å². The monoisotopic (exact) mass is 259 g/mol. The summed E-state index contributed by atoms with van der Waals surface area (Å²) in [6, 6.07) is 8.79. The first kappa shape index (κ1) is 13.5. The molecular weight excluding hydrogens is 241 g/mol. The van der Waals surface area contributed by atoms with Gasteiger partial charge in [0, 0.05) is 36.7 Å². The van der Waals surface area contributed by atoms with E-state index < -0.39 is 0 Å². The van der Waals surface area contributed by atoms with Crippen molar-refractivity contribution in [2.24, 2.45) is 0 Å². The van der Waals surface area contributed by atoms with Gasteiger partial charge in [0.05, 0.1) is 0 Å². The lowest BCUT2D eigenvalue weighted by Gasteiger charge is -2.18. The van der Waals surface area contributed by atoms with Crippen LogP contribution in [-0.4, -0.2) is 23.5 Å². The summed E-state index contributed by atoms with van der Waals surface area (Å²) in [4.78, 5) is 6.05. The van der Waals surface area contributed by atoms with Crippen molar-refractivity contribution in [2.45, 2.75) is 13.0 Å². The number of benzene rings is 1. The summed E-state index contributed by atoms with van der Waals surface area (Å²) in [6.45, 7) is 1.36. The lowest BCUT2D eigenvalue weighted by Crippen LogP contribution is -2.22. The van der Waals surface area contributed by atoms with Crippen LogP contribution in [-0.2, 0) is 13.0 Å². The van der Waals surface area contributed by atoms with E-state index in [-0.39, 0.29) is 5.82 Å². The van der Waals surface area contributed by atoms with Crippen LogP contribution in [0.5, 0.6) is 0 Å². The van der Waals surface area contributed by atoms with E-state index in [4.69, 9.17) is 5.73 Å². The maximum Gasteiger partial charge on any atom is 0.129 e. The molecule has 1 heterocycles. The van der Waals surface area contributed by atoms with E-state index >= 15 is 0 Å². The van der Waals surface area contributed by atoms with Gasteiger partial charge in [-0.05, 0) is 43.3 Å². The van der Waals surface area contributed by atoms with Crippen LogP contribution in [0.3, 0.4) is 0 Å². The summed E-state index contributed by atoms with van der Waals surface area (Å²) in [7, 11) is 1.97. The molecule has 1 aromatic heterocycles. The van der Waals surface area contributed by atoms with Crippen molar-refractivity contribution >= 4 is 5.69 Å². The number of rotatable bonds is 5. The maximum absolute atomic E-state index is 13.7. The van der Waals surface area contributed by atoms with Gasteiger partial charge >= 0.3 is 0 Å². The van der Waals surface area contributed by atoms with E-state index in [0.29, 0.717) is 17.8 Å². The zero-order valence-electron chi connectivity index (χ0n) is 11.0. The second-order valence-corrected chi connectivity index (χ2v) is 4.65. The Labute approximate surface area is 112 Å². The summed E-state index contributed by atoms with van der Waals surface area (Å²) in [5.74, 6) is -0.240. The number of pyridine rings is 1. The average Bonchev–Trinajstić information content (AvgIpc) is 2.42. The van der Waals surface area contributed by atoms with Gasteiger partial charge in [0.15, 0.2) is 0 Å². The van der Waals surface area contributed by atoms with Crippen molar-refractivity contribution in [2.75, 3.05) is 19.3 Å². The third-order valence-corrected chi connectivity index (χ3v) is 3.11. The first-order valence-electron chi connectivity index (χ1n) is 6.27. The number of hydrogen-bond donors (Lipinski definition) is 1. The van der Waals surface area contributed by atoms with Gasteiger partial charge in [-0.25, -0.2) is 4.39 Å². The molecular formula is C15H18FN3. The van der Waals surface area contributed by atoms with Crippen molar-refractivity contribution < 1.29 is 4.39 Å². The van der Waals surface area contributed by atoms with Gasteiger partial charge in [-0.1, -0.05) is 6.07 Å². The Hall–Kier alpha value is -1.94. The Bertz CT molecular complexity index is 508. The standard InChI is InChI=1S/C15H18FN3/c1-19(10-7-12-5-8-18-9-6-12)11-13-14(16)3-2-4-15(13)17/h2-6,8-9H,7,10-11,17H2,1H3. The Morgan fingerprint density at radius 3 is 2.63 bits per heavy atom. The topological polar surface area (TPSA) is 42.2 Å². The molecule has 0 aliphatic heterocycles. The van der Waals surface area contributed by atoms with Crippen LogP contribution in [0.1, 0.15) is 11.1 Å². The molecule has 0 atom stereocenters. The van der Waals surface area contributed by atoms with Crippen molar-refractivity contribution in [1.29, 1.82) is 0 Å². The summed E-state index contributed by atoms with van der Waals surface area (Å²) in [6.07, 6.45) is 4.47. The molecule has 0 aliphatic carbocycles. The highest BCUT2D eigenvalue weighted by molar-refractivity contribution is 5.47. The summed E-state index contributed by atoms with van der Waals surface area (Å²) in [5, 5.41) is 0. The highest BCUT2D eigenvalue weighted by Gasteiger charge is 2.08. The molecule has 0 fully saturated rings. The Morgan fingerprint density at radius 2 is 1.95 bits per heavy atom. The van der Waals surface area contributed by atoms with Gasteiger partial charge < -0.3 is 10.6 Å². The molecule has 0 amide bonds. The molecule has 0 unspecified atom stereocenters. The SMILES string of the molecule is CN(CCc1ccncc1)Cc1c(N)cccc1F. The van der Waals surface area contributed by atoms with Crippen LogP contribution in [0, 0.1) is 5.82 Å². The third kappa shape index (κ3) is 3.76. The molecule has 0 spiro atoms. The molecule has 0 bridgehead atoms. The van der Waals surface area contributed by atoms with Crippen LogP contribution in [0.15, 0.2) is 42.7 Å². The van der Waals surface area contributed by atoms with E-state index in [1.165, 1.54) is 11.6 Å². The lowest BCUT2D eigenvalue weighted by molar-refractivity contribution is 0.326. The number of hydrogen-bond acceptors (Lipinski definition) is 3. The number of nitrogens with zero attached hydrogens (tertiary/aromatic N) is 2. The van der Waals surface area contributed by atoms with Gasteiger partial charge in [0.1, 0.15) is 5.82 Å². The highest BCUT2D eigenvalue weighted by Crippen LogP contribution is 2.17. The fraction of sp³-hybridized carbons (Fsp3) is 0.267. The number of aromatic nitrogens is 1. The van der Waals surface area contributed by atoms with E-state index in [9.17, 15) is 4.39 Å². The molecule has 2 aromatic rings. The molecule has 0 aliphatic rings. The summed E-state index contributed by atoms with van der Waals surface area (Å²) in [5.41, 5.74) is 8.11. The van der Waals surface area contributed by atoms with E-state index in [0.717, 1.165) is 13.0 Å². The first-order valence-corrected chi connectivity index (χ1v) is 6.27. The zero-order chi connectivity index (χ0) is 13.7. The van der Waals surface area contributed by atoms with Crippen LogP contribution in [0.25, 0.3) is 0 Å². The normalized spacial score (nSPS) is 10.9. The molecule has 100 valence electrons. The first-order chi connectivity index (χ1) is 9.16. The minimum Gasteiger partial charge on any atom is -0.398 e. The van der Waals surface area contributed by atoms with Crippen molar-refractivity contribution in [3.05, 3.63) is 59.7 Å². The molecule has 2 N–H and O–H groups in total. The molecule has 0 saturated carbocycles. The molecule has 3 nitrogen and oxygen atoms in total. The third-order valence-electron chi connectivity index (χ3n) is 3.11. The largest absolute Gasteiger partial charge is 0.398 e. The summed E-state index contributed by atoms with van der Waals surface area (Å²) < 4.78 is 13.7. The quantitative estimate of drug-likeness (QED) is 0.839. The molecule has 0 radical (unpaired) electrons.